The number of benzene rings is 2. The van der Waals surface area contributed by atoms with Gasteiger partial charge in [0.25, 0.3) is 11.8 Å². The number of halogens is 2. The molecule has 0 aliphatic carbocycles. The van der Waals surface area contributed by atoms with Gasteiger partial charge >= 0.3 is 0 Å². The summed E-state index contributed by atoms with van der Waals surface area (Å²) in [5.74, 6) is -1.35. The van der Waals surface area contributed by atoms with Crippen molar-refractivity contribution in [1.82, 2.24) is 19.8 Å². The van der Waals surface area contributed by atoms with Crippen molar-refractivity contribution >= 4 is 22.8 Å². The van der Waals surface area contributed by atoms with Gasteiger partial charge in [-0.2, -0.15) is 0 Å². The Hall–Kier alpha value is -3.29. The van der Waals surface area contributed by atoms with Crippen molar-refractivity contribution in [3.8, 4) is 0 Å². The minimum absolute atomic E-state index is 0.0668. The van der Waals surface area contributed by atoms with E-state index in [-0.39, 0.29) is 18.0 Å². The van der Waals surface area contributed by atoms with Crippen LogP contribution in [0.15, 0.2) is 36.4 Å². The van der Waals surface area contributed by atoms with Crippen molar-refractivity contribution in [1.29, 1.82) is 0 Å². The van der Waals surface area contributed by atoms with Crippen LogP contribution in [0, 0.1) is 11.6 Å². The summed E-state index contributed by atoms with van der Waals surface area (Å²) in [4.78, 5) is 31.0. The van der Waals surface area contributed by atoms with E-state index in [0.717, 1.165) is 23.7 Å². The predicted octanol–water partition coefficient (Wildman–Crippen LogP) is 2.72. The lowest BCUT2D eigenvalue weighted by Crippen LogP contribution is -2.40. The van der Waals surface area contributed by atoms with Gasteiger partial charge < -0.3 is 14.8 Å². The van der Waals surface area contributed by atoms with Gasteiger partial charge in [0, 0.05) is 37.3 Å². The maximum absolute atomic E-state index is 13.7. The summed E-state index contributed by atoms with van der Waals surface area (Å²) in [5, 5.41) is 2.58. The zero-order chi connectivity index (χ0) is 19.8. The van der Waals surface area contributed by atoms with Gasteiger partial charge in [0.15, 0.2) is 5.82 Å². The van der Waals surface area contributed by atoms with E-state index in [0.29, 0.717) is 36.5 Å². The van der Waals surface area contributed by atoms with E-state index >= 15 is 0 Å². The van der Waals surface area contributed by atoms with Gasteiger partial charge in [0.05, 0.1) is 11.0 Å². The number of hydrogen-bond donors (Lipinski definition) is 1. The number of hydrogen-bond acceptors (Lipinski definition) is 3. The SMILES string of the molecule is CCN1CCn2c(nc3cc(C(=O)NCc4cc(F)ccc4F)ccc32)C1=O. The molecule has 0 saturated carbocycles. The quantitative estimate of drug-likeness (QED) is 0.752. The first-order valence-electron chi connectivity index (χ1n) is 8.99. The summed E-state index contributed by atoms with van der Waals surface area (Å²) in [7, 11) is 0. The maximum atomic E-state index is 13.7. The van der Waals surface area contributed by atoms with Crippen LogP contribution in [0.1, 0.15) is 33.5 Å². The average Bonchev–Trinajstić information content (AvgIpc) is 3.07. The van der Waals surface area contributed by atoms with Crippen LogP contribution in [0.25, 0.3) is 11.0 Å². The van der Waals surface area contributed by atoms with E-state index in [1.54, 1.807) is 23.1 Å². The summed E-state index contributed by atoms with van der Waals surface area (Å²) < 4.78 is 28.8. The molecule has 1 aromatic heterocycles. The number of imidazole rings is 1. The molecule has 0 saturated heterocycles. The molecule has 0 radical (unpaired) electrons. The van der Waals surface area contributed by atoms with E-state index in [4.69, 9.17) is 0 Å². The normalized spacial score (nSPS) is 13.7. The minimum atomic E-state index is -0.585. The van der Waals surface area contributed by atoms with Crippen LogP contribution in [0.5, 0.6) is 0 Å². The van der Waals surface area contributed by atoms with Gasteiger partial charge in [-0.1, -0.05) is 0 Å². The van der Waals surface area contributed by atoms with E-state index in [1.165, 1.54) is 0 Å². The molecule has 144 valence electrons. The molecule has 8 heteroatoms. The third-order valence-corrected chi connectivity index (χ3v) is 4.91. The van der Waals surface area contributed by atoms with Gasteiger partial charge in [-0.15, -0.1) is 0 Å². The number of aromatic nitrogens is 2. The molecule has 0 unspecified atom stereocenters. The zero-order valence-electron chi connectivity index (χ0n) is 15.2. The smallest absolute Gasteiger partial charge is 0.289 e. The summed E-state index contributed by atoms with van der Waals surface area (Å²) in [5.41, 5.74) is 1.73. The number of fused-ring (bicyclic) bond motifs is 3. The fourth-order valence-electron chi connectivity index (χ4n) is 3.38. The molecule has 0 bridgehead atoms. The number of carbonyl (C=O) groups excluding carboxylic acids is 2. The van der Waals surface area contributed by atoms with Crippen LogP contribution in [-0.4, -0.2) is 39.4 Å². The lowest BCUT2D eigenvalue weighted by atomic mass is 10.1. The van der Waals surface area contributed by atoms with Crippen LogP contribution in [-0.2, 0) is 13.1 Å². The molecule has 1 aliphatic rings. The van der Waals surface area contributed by atoms with Crippen molar-refractivity contribution in [2.75, 3.05) is 13.1 Å². The highest BCUT2D eigenvalue weighted by Crippen LogP contribution is 2.22. The molecular formula is C20H18F2N4O2. The number of nitrogens with one attached hydrogen (secondary N) is 1. The predicted molar refractivity (Wildman–Crippen MR) is 98.8 cm³/mol. The van der Waals surface area contributed by atoms with E-state index in [9.17, 15) is 18.4 Å². The Bertz CT molecular complexity index is 1090. The van der Waals surface area contributed by atoms with Gasteiger partial charge in [-0.05, 0) is 43.3 Å². The molecule has 0 fully saturated rings. The lowest BCUT2D eigenvalue weighted by Gasteiger charge is -2.26. The Morgan fingerprint density at radius 3 is 2.79 bits per heavy atom. The molecule has 3 aromatic rings. The van der Waals surface area contributed by atoms with Crippen molar-refractivity contribution in [2.45, 2.75) is 20.0 Å². The Labute approximate surface area is 159 Å². The number of rotatable bonds is 4. The average molecular weight is 384 g/mol. The molecular weight excluding hydrogens is 366 g/mol. The first kappa shape index (κ1) is 18.1. The molecule has 1 aliphatic heterocycles. The van der Waals surface area contributed by atoms with Crippen molar-refractivity contribution < 1.29 is 18.4 Å². The second kappa shape index (κ2) is 7.03. The summed E-state index contributed by atoms with van der Waals surface area (Å²) in [6.07, 6.45) is 0. The summed E-state index contributed by atoms with van der Waals surface area (Å²) in [6.45, 7) is 3.67. The van der Waals surface area contributed by atoms with Crippen LogP contribution in [0.2, 0.25) is 0 Å². The lowest BCUT2D eigenvalue weighted by molar-refractivity contribution is 0.0709. The molecule has 2 aromatic carbocycles. The highest BCUT2D eigenvalue weighted by atomic mass is 19.1. The number of amides is 2. The first-order chi connectivity index (χ1) is 13.5. The Morgan fingerprint density at radius 1 is 1.18 bits per heavy atom. The fraction of sp³-hybridized carbons (Fsp3) is 0.250. The molecule has 28 heavy (non-hydrogen) atoms. The van der Waals surface area contributed by atoms with Crippen LogP contribution >= 0.6 is 0 Å². The molecule has 6 nitrogen and oxygen atoms in total. The highest BCUT2D eigenvalue weighted by molar-refractivity contribution is 5.99. The third-order valence-electron chi connectivity index (χ3n) is 4.91. The number of likely N-dealkylation sites (N-methyl/N-ethyl adjacent to an activating group) is 1. The molecule has 2 heterocycles. The molecule has 1 N–H and O–H groups in total. The largest absolute Gasteiger partial charge is 0.348 e. The highest BCUT2D eigenvalue weighted by Gasteiger charge is 2.27. The second-order valence-corrected chi connectivity index (χ2v) is 6.59. The molecule has 0 spiro atoms. The van der Waals surface area contributed by atoms with E-state index in [2.05, 4.69) is 10.3 Å². The van der Waals surface area contributed by atoms with Gasteiger partial charge in [0.1, 0.15) is 11.6 Å². The maximum Gasteiger partial charge on any atom is 0.289 e. The van der Waals surface area contributed by atoms with E-state index < -0.39 is 17.5 Å². The molecule has 4 rings (SSSR count). The number of carbonyl (C=O) groups is 2. The Balaban J connectivity index is 1.57. The first-order valence-corrected chi connectivity index (χ1v) is 8.99. The molecule has 0 atom stereocenters. The van der Waals surface area contributed by atoms with E-state index in [1.807, 2.05) is 11.5 Å². The monoisotopic (exact) mass is 384 g/mol. The third kappa shape index (κ3) is 3.11. The van der Waals surface area contributed by atoms with Crippen LogP contribution < -0.4 is 5.32 Å². The van der Waals surface area contributed by atoms with Gasteiger partial charge in [0.2, 0.25) is 0 Å². The van der Waals surface area contributed by atoms with Gasteiger partial charge in [-0.3, -0.25) is 9.59 Å². The van der Waals surface area contributed by atoms with Crippen LogP contribution in [0.3, 0.4) is 0 Å². The molecule has 2 amide bonds. The summed E-state index contributed by atoms with van der Waals surface area (Å²) in [6, 6.07) is 8.07. The zero-order valence-corrected chi connectivity index (χ0v) is 15.2. The fourth-order valence-corrected chi connectivity index (χ4v) is 3.38. The standard InChI is InChI=1S/C20H18F2N4O2/c1-2-25-7-8-26-17-6-3-12(10-16(17)24-18(26)20(25)28)19(27)23-11-13-9-14(21)4-5-15(13)22/h3-6,9-10H,2,7-8,11H2,1H3,(H,23,27). The summed E-state index contributed by atoms with van der Waals surface area (Å²) >= 11 is 0. The van der Waals surface area contributed by atoms with Crippen molar-refractivity contribution in [3.05, 3.63) is 65.0 Å². The van der Waals surface area contributed by atoms with Crippen molar-refractivity contribution in [2.24, 2.45) is 0 Å². The Morgan fingerprint density at radius 2 is 2.00 bits per heavy atom. The van der Waals surface area contributed by atoms with Gasteiger partial charge in [-0.25, -0.2) is 13.8 Å². The second-order valence-electron chi connectivity index (χ2n) is 6.59. The topological polar surface area (TPSA) is 67.2 Å². The number of nitrogens with zero attached hydrogens (tertiary/aromatic N) is 3. The van der Waals surface area contributed by atoms with Crippen LogP contribution in [0.4, 0.5) is 8.78 Å². The minimum Gasteiger partial charge on any atom is -0.348 e. The Kier molecular flexibility index (Phi) is 4.54. The van der Waals surface area contributed by atoms with Crippen molar-refractivity contribution in [3.63, 3.8) is 0 Å².